The summed E-state index contributed by atoms with van der Waals surface area (Å²) >= 11 is 0. The number of para-hydroxylation sites is 1. The molecule has 0 spiro atoms. The Morgan fingerprint density at radius 2 is 1.88 bits per heavy atom. The third-order valence-electron chi connectivity index (χ3n) is 3.75. The number of fused-ring (bicyclic) bond motifs is 1. The number of anilines is 1. The van der Waals surface area contributed by atoms with Crippen molar-refractivity contribution in [2.45, 2.75) is 11.4 Å². The SMILES string of the molecule is O=S(=O)(Nc1ccccc1Cn1cccn1)c1ccc2n[nH]nc2c1. The van der Waals surface area contributed by atoms with Crippen molar-refractivity contribution in [3.63, 3.8) is 0 Å². The second-order valence-corrected chi connectivity index (χ2v) is 7.12. The summed E-state index contributed by atoms with van der Waals surface area (Å²) in [5.41, 5.74) is 2.43. The second kappa shape index (κ2) is 6.02. The number of hydrogen-bond acceptors (Lipinski definition) is 5. The van der Waals surface area contributed by atoms with Crippen LogP contribution in [0.5, 0.6) is 0 Å². The minimum Gasteiger partial charge on any atom is -0.279 e. The van der Waals surface area contributed by atoms with Gasteiger partial charge in [-0.1, -0.05) is 18.2 Å². The van der Waals surface area contributed by atoms with Gasteiger partial charge in [-0.25, -0.2) is 8.42 Å². The molecule has 0 fully saturated rings. The quantitative estimate of drug-likeness (QED) is 0.570. The largest absolute Gasteiger partial charge is 0.279 e. The number of sulfonamides is 1. The molecule has 0 aliphatic heterocycles. The number of benzene rings is 2. The van der Waals surface area contributed by atoms with Crippen molar-refractivity contribution in [1.82, 2.24) is 25.2 Å². The van der Waals surface area contributed by atoms with Crippen LogP contribution in [0.1, 0.15) is 5.56 Å². The van der Waals surface area contributed by atoms with Crippen LogP contribution in [0.3, 0.4) is 0 Å². The van der Waals surface area contributed by atoms with Crippen LogP contribution in [-0.2, 0) is 16.6 Å². The maximum atomic E-state index is 12.7. The molecule has 4 rings (SSSR count). The van der Waals surface area contributed by atoms with E-state index >= 15 is 0 Å². The third kappa shape index (κ3) is 3.09. The normalized spacial score (nSPS) is 11.7. The van der Waals surface area contributed by atoms with E-state index in [0.29, 0.717) is 23.3 Å². The number of aromatic amines is 1. The molecule has 2 aromatic heterocycles. The van der Waals surface area contributed by atoms with Crippen LogP contribution in [-0.4, -0.2) is 33.6 Å². The molecule has 2 N–H and O–H groups in total. The molecule has 2 heterocycles. The molecular weight excluding hydrogens is 340 g/mol. The Kier molecular flexibility index (Phi) is 3.69. The fourth-order valence-electron chi connectivity index (χ4n) is 2.52. The van der Waals surface area contributed by atoms with Crippen molar-refractivity contribution >= 4 is 26.7 Å². The molecule has 0 aliphatic carbocycles. The van der Waals surface area contributed by atoms with Gasteiger partial charge in [0.25, 0.3) is 10.0 Å². The number of H-pyrrole nitrogens is 1. The van der Waals surface area contributed by atoms with Crippen molar-refractivity contribution in [2.75, 3.05) is 4.72 Å². The van der Waals surface area contributed by atoms with Gasteiger partial charge in [-0.05, 0) is 35.9 Å². The van der Waals surface area contributed by atoms with E-state index in [0.717, 1.165) is 5.56 Å². The Labute approximate surface area is 143 Å². The lowest BCUT2D eigenvalue weighted by Crippen LogP contribution is -2.15. The van der Waals surface area contributed by atoms with Crippen LogP contribution in [0.15, 0.2) is 65.8 Å². The third-order valence-corrected chi connectivity index (χ3v) is 5.11. The Morgan fingerprint density at radius 1 is 1.04 bits per heavy atom. The lowest BCUT2D eigenvalue weighted by atomic mass is 10.2. The zero-order valence-corrected chi connectivity index (χ0v) is 13.8. The summed E-state index contributed by atoms with van der Waals surface area (Å²) in [5, 5.41) is 14.5. The first-order valence-electron chi connectivity index (χ1n) is 7.50. The van der Waals surface area contributed by atoms with E-state index in [1.54, 1.807) is 29.1 Å². The Morgan fingerprint density at radius 3 is 2.72 bits per heavy atom. The van der Waals surface area contributed by atoms with Gasteiger partial charge >= 0.3 is 0 Å². The van der Waals surface area contributed by atoms with Crippen molar-refractivity contribution < 1.29 is 8.42 Å². The van der Waals surface area contributed by atoms with Gasteiger partial charge in [0.05, 0.1) is 17.1 Å². The summed E-state index contributed by atoms with van der Waals surface area (Å²) < 4.78 is 29.8. The minimum atomic E-state index is -3.75. The van der Waals surface area contributed by atoms with Crippen LogP contribution >= 0.6 is 0 Å². The molecule has 2 aromatic carbocycles. The molecule has 0 bridgehead atoms. The molecule has 0 atom stereocenters. The van der Waals surface area contributed by atoms with Gasteiger partial charge in [0.1, 0.15) is 11.0 Å². The molecule has 0 amide bonds. The Bertz CT molecular complexity index is 1120. The summed E-state index contributed by atoms with van der Waals surface area (Å²) in [6, 6.07) is 13.7. The lowest BCUT2D eigenvalue weighted by molar-refractivity contribution is 0.601. The zero-order valence-electron chi connectivity index (χ0n) is 13.0. The standard InChI is InChI=1S/C16H14N6O2S/c23-25(24,13-6-7-15-16(10-13)19-21-18-15)20-14-5-2-1-4-12(14)11-22-9-3-8-17-22/h1-10,20H,11H2,(H,18,19,21). The van der Waals surface area contributed by atoms with Crippen LogP contribution in [0, 0.1) is 0 Å². The van der Waals surface area contributed by atoms with Crippen molar-refractivity contribution in [3.05, 3.63) is 66.5 Å². The number of rotatable bonds is 5. The zero-order chi connectivity index (χ0) is 17.3. The first-order valence-corrected chi connectivity index (χ1v) is 8.99. The molecule has 0 radical (unpaired) electrons. The van der Waals surface area contributed by atoms with E-state index in [2.05, 4.69) is 25.2 Å². The highest BCUT2D eigenvalue weighted by Gasteiger charge is 2.17. The van der Waals surface area contributed by atoms with Gasteiger partial charge in [0.15, 0.2) is 0 Å². The van der Waals surface area contributed by atoms with Crippen molar-refractivity contribution in [3.8, 4) is 0 Å². The maximum Gasteiger partial charge on any atom is 0.261 e. The molecule has 126 valence electrons. The maximum absolute atomic E-state index is 12.7. The van der Waals surface area contributed by atoms with E-state index in [1.807, 2.05) is 24.4 Å². The molecule has 0 saturated heterocycles. The highest BCUT2D eigenvalue weighted by molar-refractivity contribution is 7.92. The first-order chi connectivity index (χ1) is 12.1. The van der Waals surface area contributed by atoms with Gasteiger partial charge < -0.3 is 0 Å². The Balaban J connectivity index is 1.66. The van der Waals surface area contributed by atoms with Crippen LogP contribution in [0.25, 0.3) is 11.0 Å². The van der Waals surface area contributed by atoms with Crippen LogP contribution < -0.4 is 4.72 Å². The molecule has 0 unspecified atom stereocenters. The highest BCUT2D eigenvalue weighted by atomic mass is 32.2. The molecule has 9 heteroatoms. The van der Waals surface area contributed by atoms with Gasteiger partial charge in [0.2, 0.25) is 0 Å². The summed E-state index contributed by atoms with van der Waals surface area (Å²) in [6.07, 6.45) is 3.50. The summed E-state index contributed by atoms with van der Waals surface area (Å²) in [6.45, 7) is 0.466. The fraction of sp³-hybridized carbons (Fsp3) is 0.0625. The average Bonchev–Trinajstić information content (AvgIpc) is 3.27. The van der Waals surface area contributed by atoms with Crippen molar-refractivity contribution in [1.29, 1.82) is 0 Å². The van der Waals surface area contributed by atoms with Gasteiger partial charge in [-0.15, -0.1) is 0 Å². The average molecular weight is 354 g/mol. The molecule has 25 heavy (non-hydrogen) atoms. The topological polar surface area (TPSA) is 106 Å². The number of hydrogen-bond donors (Lipinski definition) is 2. The molecule has 0 saturated carbocycles. The van der Waals surface area contributed by atoms with Crippen LogP contribution in [0.4, 0.5) is 5.69 Å². The van der Waals surface area contributed by atoms with E-state index in [4.69, 9.17) is 0 Å². The molecule has 0 aliphatic rings. The van der Waals surface area contributed by atoms with Gasteiger partial charge in [-0.2, -0.15) is 20.5 Å². The first kappa shape index (κ1) is 15.3. The highest BCUT2D eigenvalue weighted by Crippen LogP contribution is 2.22. The fourth-order valence-corrected chi connectivity index (χ4v) is 3.64. The smallest absolute Gasteiger partial charge is 0.261 e. The predicted octanol–water partition coefficient (Wildman–Crippen LogP) is 2.00. The van der Waals surface area contributed by atoms with Crippen molar-refractivity contribution in [2.24, 2.45) is 0 Å². The van der Waals surface area contributed by atoms with Gasteiger partial charge in [-0.3, -0.25) is 9.40 Å². The lowest BCUT2D eigenvalue weighted by Gasteiger charge is -2.12. The number of nitrogens with one attached hydrogen (secondary N) is 2. The summed E-state index contributed by atoms with van der Waals surface area (Å²) in [7, 11) is -3.75. The van der Waals surface area contributed by atoms with E-state index in [1.165, 1.54) is 12.1 Å². The predicted molar refractivity (Wildman–Crippen MR) is 92.5 cm³/mol. The van der Waals surface area contributed by atoms with E-state index in [9.17, 15) is 8.42 Å². The minimum absolute atomic E-state index is 0.128. The summed E-state index contributed by atoms with van der Waals surface area (Å²) in [4.78, 5) is 0.128. The molecule has 8 nitrogen and oxygen atoms in total. The second-order valence-electron chi connectivity index (χ2n) is 5.44. The molecule has 4 aromatic rings. The Hall–Kier alpha value is -3.20. The monoisotopic (exact) mass is 354 g/mol. The summed E-state index contributed by atoms with van der Waals surface area (Å²) in [5.74, 6) is 0. The number of nitrogens with zero attached hydrogens (tertiary/aromatic N) is 4. The molecular formula is C16H14N6O2S. The van der Waals surface area contributed by atoms with Gasteiger partial charge in [0, 0.05) is 12.4 Å². The van der Waals surface area contributed by atoms with E-state index < -0.39 is 10.0 Å². The van der Waals surface area contributed by atoms with E-state index in [-0.39, 0.29) is 4.90 Å². The van der Waals surface area contributed by atoms with Crippen LogP contribution in [0.2, 0.25) is 0 Å². The number of aromatic nitrogens is 5.